The molecule has 4 atom stereocenters. The van der Waals surface area contributed by atoms with Crippen LogP contribution in [0.3, 0.4) is 0 Å². The van der Waals surface area contributed by atoms with Gasteiger partial charge in [-0.15, -0.1) is 11.6 Å². The summed E-state index contributed by atoms with van der Waals surface area (Å²) in [6.07, 6.45) is -1.41. The van der Waals surface area contributed by atoms with Crippen LogP contribution < -0.4 is 0 Å². The topological polar surface area (TPSA) is 49.7 Å². The third-order valence-electron chi connectivity index (χ3n) is 1.73. The van der Waals surface area contributed by atoms with Gasteiger partial charge in [-0.05, 0) is 6.92 Å². The van der Waals surface area contributed by atoms with E-state index in [1.165, 1.54) is 0 Å². The molecule has 0 bridgehead atoms. The molecule has 0 radical (unpaired) electrons. The molecular weight excluding hydrogens is 156 g/mol. The predicted molar refractivity (Wildman–Crippen MR) is 37.1 cm³/mol. The Hall–Kier alpha value is 0.170. The monoisotopic (exact) mass is 166 g/mol. The number of aliphatic hydroxyl groups excluding tert-OH is 2. The zero-order valence-corrected chi connectivity index (χ0v) is 6.45. The van der Waals surface area contributed by atoms with E-state index in [9.17, 15) is 5.11 Å². The van der Waals surface area contributed by atoms with E-state index >= 15 is 0 Å². The lowest BCUT2D eigenvalue weighted by Gasteiger charge is -2.09. The number of ether oxygens (including phenoxy) is 1. The minimum atomic E-state index is -0.735. The molecule has 1 fully saturated rings. The van der Waals surface area contributed by atoms with Gasteiger partial charge in [0.2, 0.25) is 0 Å². The molecule has 10 heavy (non-hydrogen) atoms. The van der Waals surface area contributed by atoms with E-state index in [-0.39, 0.29) is 12.7 Å². The Morgan fingerprint density at radius 1 is 1.60 bits per heavy atom. The second-order valence-electron chi connectivity index (χ2n) is 2.50. The van der Waals surface area contributed by atoms with Crippen molar-refractivity contribution < 1.29 is 14.9 Å². The van der Waals surface area contributed by atoms with E-state index in [4.69, 9.17) is 21.4 Å². The van der Waals surface area contributed by atoms with Crippen molar-refractivity contribution in [2.45, 2.75) is 30.6 Å². The summed E-state index contributed by atoms with van der Waals surface area (Å²) in [6, 6.07) is 0. The van der Waals surface area contributed by atoms with Crippen LogP contribution in [0, 0.1) is 0 Å². The van der Waals surface area contributed by atoms with Crippen LogP contribution >= 0.6 is 11.6 Å². The van der Waals surface area contributed by atoms with Crippen molar-refractivity contribution in [2.75, 3.05) is 6.61 Å². The molecule has 0 aromatic carbocycles. The smallest absolute Gasteiger partial charge is 0.108 e. The summed E-state index contributed by atoms with van der Waals surface area (Å²) in [5, 5.41) is 17.4. The van der Waals surface area contributed by atoms with Crippen LogP contribution in [0.25, 0.3) is 0 Å². The highest BCUT2D eigenvalue weighted by Crippen LogP contribution is 2.24. The van der Waals surface area contributed by atoms with Crippen molar-refractivity contribution in [1.82, 2.24) is 0 Å². The summed E-state index contributed by atoms with van der Waals surface area (Å²) < 4.78 is 5.10. The highest BCUT2D eigenvalue weighted by atomic mass is 35.5. The first-order valence-corrected chi connectivity index (χ1v) is 3.69. The quantitative estimate of drug-likeness (QED) is 0.528. The van der Waals surface area contributed by atoms with Gasteiger partial charge in [0.05, 0.1) is 18.1 Å². The molecule has 4 heteroatoms. The first-order chi connectivity index (χ1) is 4.66. The Balaban J connectivity index is 2.53. The van der Waals surface area contributed by atoms with E-state index in [1.54, 1.807) is 6.92 Å². The Bertz CT molecular complexity index is 120. The first kappa shape index (κ1) is 8.27. The van der Waals surface area contributed by atoms with Gasteiger partial charge in [-0.1, -0.05) is 0 Å². The molecule has 0 amide bonds. The number of halogens is 1. The fourth-order valence-corrected chi connectivity index (χ4v) is 1.29. The van der Waals surface area contributed by atoms with Crippen LogP contribution in [-0.2, 0) is 4.74 Å². The Kier molecular flexibility index (Phi) is 2.52. The van der Waals surface area contributed by atoms with Gasteiger partial charge < -0.3 is 14.9 Å². The molecule has 1 saturated heterocycles. The van der Waals surface area contributed by atoms with Crippen LogP contribution in [0.4, 0.5) is 0 Å². The first-order valence-electron chi connectivity index (χ1n) is 3.25. The van der Waals surface area contributed by atoms with Gasteiger partial charge in [0.1, 0.15) is 12.2 Å². The second kappa shape index (κ2) is 3.05. The highest BCUT2D eigenvalue weighted by molar-refractivity contribution is 6.21. The molecule has 0 aromatic rings. The van der Waals surface area contributed by atoms with Crippen LogP contribution in [0.2, 0.25) is 0 Å². The van der Waals surface area contributed by atoms with Gasteiger partial charge in [0.15, 0.2) is 0 Å². The Labute approximate surface area is 64.6 Å². The van der Waals surface area contributed by atoms with Crippen LogP contribution in [0.15, 0.2) is 0 Å². The number of aliphatic hydroxyl groups is 2. The van der Waals surface area contributed by atoms with Crippen molar-refractivity contribution in [2.24, 2.45) is 0 Å². The number of alkyl halides is 1. The molecule has 60 valence electrons. The van der Waals surface area contributed by atoms with E-state index in [0.29, 0.717) is 0 Å². The lowest BCUT2D eigenvalue weighted by molar-refractivity contribution is -0.0170. The van der Waals surface area contributed by atoms with Gasteiger partial charge in [-0.2, -0.15) is 0 Å². The minimum Gasteiger partial charge on any atom is -0.394 e. The molecule has 1 heterocycles. The molecule has 2 N–H and O–H groups in total. The summed E-state index contributed by atoms with van der Waals surface area (Å²) in [7, 11) is 0. The largest absolute Gasteiger partial charge is 0.394 e. The molecular formula is C6H11ClO3. The molecule has 1 aliphatic heterocycles. The minimum absolute atomic E-state index is 0.172. The van der Waals surface area contributed by atoms with Crippen molar-refractivity contribution in [3.8, 4) is 0 Å². The third-order valence-corrected chi connectivity index (χ3v) is 2.34. The van der Waals surface area contributed by atoms with Crippen LogP contribution in [0.1, 0.15) is 6.92 Å². The predicted octanol–water partition coefficient (Wildman–Crippen LogP) is -0.266. The van der Waals surface area contributed by atoms with E-state index in [2.05, 4.69) is 0 Å². The molecule has 0 saturated carbocycles. The van der Waals surface area contributed by atoms with Crippen molar-refractivity contribution >= 4 is 11.6 Å². The summed E-state index contributed by atoms with van der Waals surface area (Å²) in [5.74, 6) is 0. The number of hydrogen-bond acceptors (Lipinski definition) is 3. The molecule has 3 unspecified atom stereocenters. The van der Waals surface area contributed by atoms with Gasteiger partial charge in [-0.3, -0.25) is 0 Å². The number of rotatable bonds is 1. The zero-order chi connectivity index (χ0) is 7.72. The third kappa shape index (κ3) is 1.27. The molecule has 0 aromatic heterocycles. The molecule has 0 spiro atoms. The normalized spacial score (nSPS) is 48.0. The van der Waals surface area contributed by atoms with Crippen molar-refractivity contribution in [1.29, 1.82) is 0 Å². The molecule has 1 aliphatic rings. The summed E-state index contributed by atoms with van der Waals surface area (Å²) in [5.41, 5.74) is 0. The molecule has 1 rings (SSSR count). The van der Waals surface area contributed by atoms with E-state index in [0.717, 1.165) is 0 Å². The Morgan fingerprint density at radius 3 is 2.40 bits per heavy atom. The average molecular weight is 167 g/mol. The lowest BCUT2D eigenvalue weighted by atomic mass is 10.1. The molecule has 0 aliphatic carbocycles. The van der Waals surface area contributed by atoms with Crippen LogP contribution in [-0.4, -0.2) is 40.5 Å². The summed E-state index contributed by atoms with van der Waals surface area (Å²) in [4.78, 5) is 0. The summed E-state index contributed by atoms with van der Waals surface area (Å²) in [6.45, 7) is 1.60. The summed E-state index contributed by atoms with van der Waals surface area (Å²) >= 11 is 5.70. The second-order valence-corrected chi connectivity index (χ2v) is 3.00. The maximum absolute atomic E-state index is 9.21. The number of hydrogen-bond donors (Lipinski definition) is 2. The zero-order valence-electron chi connectivity index (χ0n) is 5.70. The van der Waals surface area contributed by atoms with E-state index in [1.807, 2.05) is 0 Å². The lowest BCUT2D eigenvalue weighted by Crippen LogP contribution is -2.29. The fourth-order valence-electron chi connectivity index (χ4n) is 1.07. The van der Waals surface area contributed by atoms with Gasteiger partial charge in [-0.25, -0.2) is 0 Å². The highest BCUT2D eigenvalue weighted by Gasteiger charge is 2.39. The Morgan fingerprint density at radius 2 is 2.20 bits per heavy atom. The maximum Gasteiger partial charge on any atom is 0.108 e. The standard InChI is InChI=1S/C6H11ClO3/c1-3-5(7)6(9)4(2-8)10-3/h3-6,8-9H,2H2,1H3/t3?,4-,5?,6?/m1/s1. The maximum atomic E-state index is 9.21. The average Bonchev–Trinajstić information content (AvgIpc) is 2.17. The van der Waals surface area contributed by atoms with Crippen molar-refractivity contribution in [3.63, 3.8) is 0 Å². The van der Waals surface area contributed by atoms with Gasteiger partial charge >= 0.3 is 0 Å². The van der Waals surface area contributed by atoms with E-state index < -0.39 is 17.6 Å². The molecule has 3 nitrogen and oxygen atoms in total. The SMILES string of the molecule is CC1O[C@H](CO)C(O)C1Cl. The van der Waals surface area contributed by atoms with Crippen molar-refractivity contribution in [3.05, 3.63) is 0 Å². The fraction of sp³-hybridized carbons (Fsp3) is 1.00. The van der Waals surface area contributed by atoms with Gasteiger partial charge in [0.25, 0.3) is 0 Å². The van der Waals surface area contributed by atoms with Gasteiger partial charge in [0, 0.05) is 0 Å². The van der Waals surface area contributed by atoms with Crippen LogP contribution in [0.5, 0.6) is 0 Å².